The van der Waals surface area contributed by atoms with Crippen molar-refractivity contribution in [1.82, 2.24) is 6.15 Å². The number of hydrogen-bond donors (Lipinski definition) is 1. The van der Waals surface area contributed by atoms with E-state index in [0.717, 1.165) is 0 Å². The summed E-state index contributed by atoms with van der Waals surface area (Å²) < 4.78 is 7.75. The van der Waals surface area contributed by atoms with Gasteiger partial charge in [-0.2, -0.15) is 0 Å². The standard InChI is InChI=1S/CH4.BO.H3N/c;1-2;/h1H4;;1H3. The Balaban J connectivity index is -0.00000000500. The third kappa shape index (κ3) is 40.5. The van der Waals surface area contributed by atoms with Crippen molar-refractivity contribution in [3.8, 4) is 0 Å². The molecule has 0 heterocycles. The summed E-state index contributed by atoms with van der Waals surface area (Å²) >= 11 is 0. The van der Waals surface area contributed by atoms with Crippen LogP contribution in [0.3, 0.4) is 0 Å². The maximum absolute atomic E-state index is 7.75. The molecule has 0 spiro atoms. The van der Waals surface area contributed by atoms with Crippen LogP contribution in [-0.4, -0.2) is 7.72 Å². The molecule has 3 N–H and O–H groups in total. The second kappa shape index (κ2) is 307. The summed E-state index contributed by atoms with van der Waals surface area (Å²) in [6.45, 7) is 0. The van der Waals surface area contributed by atoms with E-state index < -0.39 is 0 Å². The summed E-state index contributed by atoms with van der Waals surface area (Å²) in [4.78, 5) is 0. The molecule has 0 aromatic rings. The average molecular weight is 59.9 g/mol. The monoisotopic (exact) mass is 60.1 g/mol. The van der Waals surface area contributed by atoms with Gasteiger partial charge >= 0.3 is 12.4 Å². The maximum atomic E-state index is 7.75. The molecular formula is CH7BNO. The summed E-state index contributed by atoms with van der Waals surface area (Å²) in [6.07, 6.45) is 0. The topological polar surface area (TPSA) is 52.1 Å². The van der Waals surface area contributed by atoms with Crippen LogP contribution >= 0.6 is 0 Å². The van der Waals surface area contributed by atoms with Gasteiger partial charge in [-0.1, -0.05) is 7.43 Å². The zero-order valence-electron chi connectivity index (χ0n) is 1.69. The first-order valence-electron chi connectivity index (χ1n) is 0.236. The van der Waals surface area contributed by atoms with Crippen LogP contribution in [0.4, 0.5) is 0 Å². The van der Waals surface area contributed by atoms with Gasteiger partial charge < -0.3 is 6.15 Å². The van der Waals surface area contributed by atoms with Crippen LogP contribution < -0.4 is 6.15 Å². The van der Waals surface area contributed by atoms with Crippen LogP contribution in [0.2, 0.25) is 0 Å². The van der Waals surface area contributed by atoms with Crippen LogP contribution in [0, 0.1) is 0 Å². The summed E-state index contributed by atoms with van der Waals surface area (Å²) in [5, 5.41) is 0. The predicted octanol–water partition coefficient (Wildman–Crippen LogP) is 0.298. The molecule has 2 nitrogen and oxygen atoms in total. The second-order valence-electron chi connectivity index (χ2n) is 0. The molecule has 0 bridgehead atoms. The number of hydrogen-bond acceptors (Lipinski definition) is 2. The molecule has 0 aromatic carbocycles. The molecule has 0 rings (SSSR count). The quantitative estimate of drug-likeness (QED) is 0.408. The first-order valence-corrected chi connectivity index (χ1v) is 0.236. The molecule has 0 saturated heterocycles. The van der Waals surface area contributed by atoms with E-state index in [1.807, 2.05) is 0 Å². The Morgan fingerprint density at radius 1 is 1.25 bits per heavy atom. The van der Waals surface area contributed by atoms with Gasteiger partial charge in [0.15, 0.2) is 0 Å². The van der Waals surface area contributed by atoms with E-state index in [1.54, 1.807) is 0 Å². The molecular weight excluding hydrogens is 52.8 g/mol. The fraction of sp³-hybridized carbons (Fsp3) is 1.00. The van der Waals surface area contributed by atoms with Gasteiger partial charge in [0, 0.05) is 0 Å². The van der Waals surface area contributed by atoms with Gasteiger partial charge in [-0.05, 0) is 0 Å². The third-order valence-electron chi connectivity index (χ3n) is 0. The van der Waals surface area contributed by atoms with Crippen LogP contribution in [-0.2, 0) is 4.70 Å². The van der Waals surface area contributed by atoms with Crippen molar-refractivity contribution in [3.63, 3.8) is 0 Å². The van der Waals surface area contributed by atoms with Gasteiger partial charge in [-0.3, -0.25) is 0 Å². The zero-order valence-corrected chi connectivity index (χ0v) is 1.69. The molecule has 3 heteroatoms. The summed E-state index contributed by atoms with van der Waals surface area (Å²) in [6, 6.07) is 0. The van der Waals surface area contributed by atoms with Crippen LogP contribution in [0.15, 0.2) is 0 Å². The Hall–Kier alpha value is -0.175. The van der Waals surface area contributed by atoms with Crippen molar-refractivity contribution < 1.29 is 4.70 Å². The van der Waals surface area contributed by atoms with Crippen LogP contribution in [0.1, 0.15) is 7.43 Å². The SMILES string of the molecule is C.N.[B]=O. The van der Waals surface area contributed by atoms with E-state index in [1.165, 1.54) is 0 Å². The molecule has 0 saturated carbocycles. The van der Waals surface area contributed by atoms with Crippen molar-refractivity contribution in [2.75, 3.05) is 0 Å². The second-order valence-corrected chi connectivity index (χ2v) is 0. The van der Waals surface area contributed by atoms with Crippen molar-refractivity contribution in [2.45, 2.75) is 7.43 Å². The Bertz CT molecular complexity index is 8.00. The Morgan fingerprint density at radius 3 is 1.25 bits per heavy atom. The fourth-order valence-electron chi connectivity index (χ4n) is 0. The molecule has 0 aliphatic carbocycles. The van der Waals surface area contributed by atoms with Gasteiger partial charge in [0.25, 0.3) is 0 Å². The summed E-state index contributed by atoms with van der Waals surface area (Å²) in [5.41, 5.74) is 0. The molecule has 0 aliphatic rings. The Labute approximate surface area is 27.2 Å². The molecule has 25 valence electrons. The zero-order chi connectivity index (χ0) is 2.00. The van der Waals surface area contributed by atoms with Crippen molar-refractivity contribution in [3.05, 3.63) is 0 Å². The molecule has 0 fully saturated rings. The minimum absolute atomic E-state index is 0. The molecule has 4 heavy (non-hydrogen) atoms. The Kier molecular flexibility index (Phi) is 3440. The summed E-state index contributed by atoms with van der Waals surface area (Å²) in [5.74, 6) is 0. The molecule has 1 radical (unpaired) electrons. The van der Waals surface area contributed by atoms with E-state index in [4.69, 9.17) is 4.70 Å². The number of rotatable bonds is 0. The molecule has 0 amide bonds. The van der Waals surface area contributed by atoms with Gasteiger partial charge in [0.1, 0.15) is 0 Å². The van der Waals surface area contributed by atoms with Gasteiger partial charge in [-0.25, -0.2) is 0 Å². The van der Waals surface area contributed by atoms with Gasteiger partial charge in [0.05, 0.1) is 0 Å². The molecule has 0 atom stereocenters. The van der Waals surface area contributed by atoms with E-state index >= 15 is 0 Å². The predicted molar refractivity (Wildman–Crippen MR) is 18.2 cm³/mol. The van der Waals surface area contributed by atoms with E-state index in [9.17, 15) is 0 Å². The minimum atomic E-state index is 0. The molecule has 0 unspecified atom stereocenters. The molecule has 0 aromatic heterocycles. The van der Waals surface area contributed by atoms with E-state index in [-0.39, 0.29) is 13.6 Å². The Morgan fingerprint density at radius 2 is 1.25 bits per heavy atom. The first kappa shape index (κ1) is 44.9. The van der Waals surface area contributed by atoms with Crippen molar-refractivity contribution in [1.29, 1.82) is 0 Å². The third-order valence-corrected chi connectivity index (χ3v) is 0. The molecule has 0 aliphatic heterocycles. The van der Waals surface area contributed by atoms with Gasteiger partial charge in [-0.15, -0.1) is 0 Å². The van der Waals surface area contributed by atoms with Crippen molar-refractivity contribution >= 4 is 7.72 Å². The van der Waals surface area contributed by atoms with Crippen molar-refractivity contribution in [2.24, 2.45) is 0 Å². The fourth-order valence-corrected chi connectivity index (χ4v) is 0. The normalized spacial score (nSPS) is 0.750. The van der Waals surface area contributed by atoms with Crippen LogP contribution in [0.5, 0.6) is 0 Å². The van der Waals surface area contributed by atoms with E-state index in [0.29, 0.717) is 0 Å². The van der Waals surface area contributed by atoms with Gasteiger partial charge in [0.2, 0.25) is 0 Å². The van der Waals surface area contributed by atoms with Crippen LogP contribution in [0.25, 0.3) is 0 Å². The average Bonchev–Trinajstić information content (AvgIpc) is 1.00. The van der Waals surface area contributed by atoms with E-state index in [2.05, 4.69) is 7.72 Å². The summed E-state index contributed by atoms with van der Waals surface area (Å²) in [7, 11) is 3.25. The first-order chi connectivity index (χ1) is 1.00.